The zero-order chi connectivity index (χ0) is 16.9. The van der Waals surface area contributed by atoms with E-state index in [9.17, 15) is 9.90 Å². The minimum atomic E-state index is -0.327. The summed E-state index contributed by atoms with van der Waals surface area (Å²) in [6.45, 7) is 6.21. The second-order valence-electron chi connectivity index (χ2n) is 6.38. The number of amides is 1. The van der Waals surface area contributed by atoms with E-state index in [0.717, 1.165) is 24.2 Å². The standard InChI is InChI=1S/C18H24N4O2/c1-15(23)12-20-7-9-22(10-8-20)18(24)17-4-2-3-16(11-17)13-21-6-5-19-14-21/h2-6,11,14-15,23H,7-10,12-13H2,1H3. The molecule has 0 radical (unpaired) electrons. The number of aliphatic hydroxyl groups is 1. The average Bonchev–Trinajstić information content (AvgIpc) is 3.07. The van der Waals surface area contributed by atoms with E-state index in [4.69, 9.17) is 0 Å². The summed E-state index contributed by atoms with van der Waals surface area (Å²) in [4.78, 5) is 20.9. The van der Waals surface area contributed by atoms with Crippen LogP contribution in [0.5, 0.6) is 0 Å². The number of hydrogen-bond acceptors (Lipinski definition) is 4. The zero-order valence-corrected chi connectivity index (χ0v) is 14.0. The van der Waals surface area contributed by atoms with Gasteiger partial charge >= 0.3 is 0 Å². The molecule has 0 bridgehead atoms. The normalized spacial score (nSPS) is 17.0. The molecule has 3 rings (SSSR count). The van der Waals surface area contributed by atoms with Crippen molar-refractivity contribution in [2.75, 3.05) is 32.7 Å². The van der Waals surface area contributed by atoms with Crippen LogP contribution >= 0.6 is 0 Å². The van der Waals surface area contributed by atoms with Crippen LogP contribution in [0.25, 0.3) is 0 Å². The molecule has 1 fully saturated rings. The van der Waals surface area contributed by atoms with Gasteiger partial charge in [-0.3, -0.25) is 9.69 Å². The lowest BCUT2D eigenvalue weighted by Gasteiger charge is -2.35. The quantitative estimate of drug-likeness (QED) is 0.892. The summed E-state index contributed by atoms with van der Waals surface area (Å²) < 4.78 is 1.98. The van der Waals surface area contributed by atoms with Crippen molar-refractivity contribution >= 4 is 5.91 Å². The summed E-state index contributed by atoms with van der Waals surface area (Å²) in [6.07, 6.45) is 5.11. The molecular weight excluding hydrogens is 304 g/mol. The Morgan fingerprint density at radius 1 is 1.29 bits per heavy atom. The van der Waals surface area contributed by atoms with E-state index in [-0.39, 0.29) is 12.0 Å². The fourth-order valence-electron chi connectivity index (χ4n) is 3.08. The molecule has 1 atom stereocenters. The van der Waals surface area contributed by atoms with Gasteiger partial charge in [0.05, 0.1) is 12.4 Å². The lowest BCUT2D eigenvalue weighted by molar-refractivity contribution is 0.0554. The Morgan fingerprint density at radius 2 is 2.08 bits per heavy atom. The predicted octanol–water partition coefficient (Wildman–Crippen LogP) is 1.07. The molecule has 24 heavy (non-hydrogen) atoms. The van der Waals surface area contributed by atoms with E-state index in [2.05, 4.69) is 9.88 Å². The predicted molar refractivity (Wildman–Crippen MR) is 91.8 cm³/mol. The molecule has 1 amide bonds. The molecule has 1 aromatic carbocycles. The molecule has 6 heteroatoms. The Hall–Kier alpha value is -2.18. The van der Waals surface area contributed by atoms with Crippen LogP contribution in [0.3, 0.4) is 0 Å². The largest absolute Gasteiger partial charge is 0.392 e. The van der Waals surface area contributed by atoms with Crippen molar-refractivity contribution in [2.45, 2.75) is 19.6 Å². The van der Waals surface area contributed by atoms with Gasteiger partial charge in [-0.25, -0.2) is 4.98 Å². The van der Waals surface area contributed by atoms with Gasteiger partial charge < -0.3 is 14.6 Å². The van der Waals surface area contributed by atoms with Crippen LogP contribution in [0.15, 0.2) is 43.0 Å². The van der Waals surface area contributed by atoms with Gasteiger partial charge in [0.15, 0.2) is 0 Å². The molecule has 0 aliphatic carbocycles. The van der Waals surface area contributed by atoms with Crippen LogP contribution in [0.1, 0.15) is 22.8 Å². The van der Waals surface area contributed by atoms with Crippen molar-refractivity contribution in [2.24, 2.45) is 0 Å². The Morgan fingerprint density at radius 3 is 2.75 bits per heavy atom. The molecule has 128 valence electrons. The lowest BCUT2D eigenvalue weighted by Crippen LogP contribution is -2.50. The SMILES string of the molecule is CC(O)CN1CCN(C(=O)c2cccc(Cn3ccnc3)c2)CC1. The van der Waals surface area contributed by atoms with E-state index in [1.165, 1.54) is 0 Å². The first-order valence-electron chi connectivity index (χ1n) is 8.36. The summed E-state index contributed by atoms with van der Waals surface area (Å²) in [7, 11) is 0. The second-order valence-corrected chi connectivity index (χ2v) is 6.38. The number of carbonyl (C=O) groups excluding carboxylic acids is 1. The van der Waals surface area contributed by atoms with Crippen molar-refractivity contribution in [3.05, 3.63) is 54.1 Å². The first kappa shape index (κ1) is 16.7. The third-order valence-corrected chi connectivity index (χ3v) is 4.28. The maximum Gasteiger partial charge on any atom is 0.253 e. The highest BCUT2D eigenvalue weighted by atomic mass is 16.3. The van der Waals surface area contributed by atoms with E-state index in [1.807, 2.05) is 39.9 Å². The third kappa shape index (κ3) is 4.21. The van der Waals surface area contributed by atoms with Crippen molar-refractivity contribution in [3.63, 3.8) is 0 Å². The van der Waals surface area contributed by atoms with Gasteiger partial charge in [-0.2, -0.15) is 0 Å². The highest BCUT2D eigenvalue weighted by molar-refractivity contribution is 5.94. The van der Waals surface area contributed by atoms with Crippen molar-refractivity contribution in [3.8, 4) is 0 Å². The minimum absolute atomic E-state index is 0.0826. The maximum atomic E-state index is 12.7. The van der Waals surface area contributed by atoms with Gasteiger partial charge in [0.25, 0.3) is 5.91 Å². The van der Waals surface area contributed by atoms with Gasteiger partial charge in [0.2, 0.25) is 0 Å². The summed E-state index contributed by atoms with van der Waals surface area (Å²) in [5.74, 6) is 0.0826. The molecule has 1 N–H and O–H groups in total. The number of imidazole rings is 1. The topological polar surface area (TPSA) is 61.6 Å². The molecule has 1 saturated heterocycles. The summed E-state index contributed by atoms with van der Waals surface area (Å²) in [5, 5.41) is 9.47. The van der Waals surface area contributed by atoms with Gasteiger partial charge in [-0.1, -0.05) is 12.1 Å². The first-order chi connectivity index (χ1) is 11.6. The number of nitrogens with zero attached hydrogens (tertiary/aromatic N) is 4. The van der Waals surface area contributed by atoms with E-state index < -0.39 is 0 Å². The number of rotatable bonds is 5. The van der Waals surface area contributed by atoms with Gasteiger partial charge in [-0.15, -0.1) is 0 Å². The van der Waals surface area contributed by atoms with Crippen LogP contribution in [0, 0.1) is 0 Å². The number of carbonyl (C=O) groups is 1. The molecule has 1 aliphatic rings. The number of benzene rings is 1. The zero-order valence-electron chi connectivity index (χ0n) is 14.0. The summed E-state index contributed by atoms with van der Waals surface area (Å²) in [5.41, 5.74) is 1.82. The maximum absolute atomic E-state index is 12.7. The monoisotopic (exact) mass is 328 g/mol. The number of β-amino-alcohol motifs (C(OH)–C–C–N with tert-alkyl or cyclic N) is 1. The van der Waals surface area contributed by atoms with E-state index in [1.54, 1.807) is 19.4 Å². The van der Waals surface area contributed by atoms with Crippen LogP contribution < -0.4 is 0 Å². The fraction of sp³-hybridized carbons (Fsp3) is 0.444. The van der Waals surface area contributed by atoms with Gasteiger partial charge in [-0.05, 0) is 24.6 Å². The molecule has 1 aromatic heterocycles. The highest BCUT2D eigenvalue weighted by Gasteiger charge is 2.22. The lowest BCUT2D eigenvalue weighted by atomic mass is 10.1. The molecule has 1 aliphatic heterocycles. The smallest absolute Gasteiger partial charge is 0.253 e. The Kier molecular flexibility index (Phi) is 5.27. The number of aliphatic hydroxyl groups excluding tert-OH is 1. The average molecular weight is 328 g/mol. The molecule has 0 spiro atoms. The minimum Gasteiger partial charge on any atom is -0.392 e. The summed E-state index contributed by atoms with van der Waals surface area (Å²) >= 11 is 0. The molecular formula is C18H24N4O2. The van der Waals surface area contributed by atoms with E-state index in [0.29, 0.717) is 26.2 Å². The highest BCUT2D eigenvalue weighted by Crippen LogP contribution is 2.12. The molecule has 6 nitrogen and oxygen atoms in total. The van der Waals surface area contributed by atoms with Crippen LogP contribution in [-0.2, 0) is 6.54 Å². The van der Waals surface area contributed by atoms with Crippen molar-refractivity contribution in [1.29, 1.82) is 0 Å². The summed E-state index contributed by atoms with van der Waals surface area (Å²) in [6, 6.07) is 7.80. The molecule has 0 saturated carbocycles. The van der Waals surface area contributed by atoms with Crippen molar-refractivity contribution in [1.82, 2.24) is 19.4 Å². The third-order valence-electron chi connectivity index (χ3n) is 4.28. The number of hydrogen-bond donors (Lipinski definition) is 1. The van der Waals surface area contributed by atoms with Gasteiger partial charge in [0, 0.05) is 57.2 Å². The number of aromatic nitrogens is 2. The van der Waals surface area contributed by atoms with Crippen LogP contribution in [0.2, 0.25) is 0 Å². The van der Waals surface area contributed by atoms with Gasteiger partial charge in [0.1, 0.15) is 0 Å². The number of piperazine rings is 1. The Labute approximate surface area is 142 Å². The van der Waals surface area contributed by atoms with Crippen LogP contribution in [0.4, 0.5) is 0 Å². The Bertz CT molecular complexity index is 661. The molecule has 2 aromatic rings. The van der Waals surface area contributed by atoms with E-state index >= 15 is 0 Å². The van der Waals surface area contributed by atoms with Crippen LogP contribution in [-0.4, -0.2) is 69.2 Å². The molecule has 1 unspecified atom stereocenters. The Balaban J connectivity index is 1.61. The molecule has 2 heterocycles. The fourth-order valence-corrected chi connectivity index (χ4v) is 3.08. The van der Waals surface area contributed by atoms with Crippen molar-refractivity contribution < 1.29 is 9.90 Å². The second kappa shape index (κ2) is 7.59. The first-order valence-corrected chi connectivity index (χ1v) is 8.36.